The maximum Gasteiger partial charge on any atom is 0.234 e. The van der Waals surface area contributed by atoms with Gasteiger partial charge < -0.3 is 10.1 Å². The second-order valence-corrected chi connectivity index (χ2v) is 7.68. The number of ether oxygens (including phenoxy) is 1. The van der Waals surface area contributed by atoms with E-state index in [1.165, 1.54) is 29.3 Å². The van der Waals surface area contributed by atoms with Crippen LogP contribution in [0.25, 0.3) is 5.69 Å². The van der Waals surface area contributed by atoms with Gasteiger partial charge in [0.1, 0.15) is 11.6 Å². The van der Waals surface area contributed by atoms with E-state index in [1.54, 1.807) is 7.11 Å². The summed E-state index contributed by atoms with van der Waals surface area (Å²) in [7, 11) is 1.64. The van der Waals surface area contributed by atoms with Gasteiger partial charge in [0, 0.05) is 11.4 Å². The zero-order chi connectivity index (χ0) is 19.5. The molecule has 0 aliphatic heterocycles. The van der Waals surface area contributed by atoms with E-state index >= 15 is 0 Å². The summed E-state index contributed by atoms with van der Waals surface area (Å²) in [6, 6.07) is 13.9. The number of anilines is 1. The number of rotatable bonds is 6. The fourth-order valence-corrected chi connectivity index (χ4v) is 4.24. The molecule has 1 aliphatic rings. The van der Waals surface area contributed by atoms with Crippen molar-refractivity contribution in [2.75, 3.05) is 18.2 Å². The highest BCUT2D eigenvalue weighted by atomic mass is 32.2. The van der Waals surface area contributed by atoms with Crippen molar-refractivity contribution in [1.29, 1.82) is 0 Å². The topological polar surface area (TPSA) is 69.0 Å². The van der Waals surface area contributed by atoms with Gasteiger partial charge in [0.15, 0.2) is 5.16 Å². The molecule has 2 aromatic carbocycles. The van der Waals surface area contributed by atoms with Gasteiger partial charge >= 0.3 is 0 Å². The Morgan fingerprint density at radius 3 is 2.71 bits per heavy atom. The number of nitrogens with one attached hydrogen (secondary N) is 1. The van der Waals surface area contributed by atoms with Crippen LogP contribution in [0.15, 0.2) is 47.6 Å². The lowest BCUT2D eigenvalue weighted by molar-refractivity contribution is -0.113. The maximum atomic E-state index is 12.4. The first-order valence-electron chi connectivity index (χ1n) is 9.25. The lowest BCUT2D eigenvalue weighted by Crippen LogP contribution is -2.14. The van der Waals surface area contributed by atoms with Crippen LogP contribution in [0.5, 0.6) is 5.75 Å². The number of amides is 1. The van der Waals surface area contributed by atoms with E-state index in [4.69, 9.17) is 4.74 Å². The summed E-state index contributed by atoms with van der Waals surface area (Å²) in [4.78, 5) is 12.4. The predicted octanol–water partition coefficient (Wildman–Crippen LogP) is 3.80. The maximum absolute atomic E-state index is 12.4. The molecule has 1 heterocycles. The van der Waals surface area contributed by atoms with Crippen LogP contribution >= 0.6 is 11.8 Å². The summed E-state index contributed by atoms with van der Waals surface area (Å²) < 4.78 is 7.15. The van der Waals surface area contributed by atoms with Crippen LogP contribution in [0, 0.1) is 6.92 Å². The highest BCUT2D eigenvalue weighted by molar-refractivity contribution is 7.99. The Bertz CT molecular complexity index is 998. The van der Waals surface area contributed by atoms with Gasteiger partial charge in [-0.3, -0.25) is 9.36 Å². The van der Waals surface area contributed by atoms with E-state index in [2.05, 4.69) is 27.6 Å². The van der Waals surface area contributed by atoms with Gasteiger partial charge in [-0.1, -0.05) is 17.8 Å². The minimum absolute atomic E-state index is 0.0510. The number of hydrogen-bond donors (Lipinski definition) is 1. The first-order chi connectivity index (χ1) is 13.6. The van der Waals surface area contributed by atoms with Gasteiger partial charge in [0.25, 0.3) is 0 Å². The minimum Gasteiger partial charge on any atom is -0.497 e. The fourth-order valence-electron chi connectivity index (χ4n) is 3.44. The summed E-state index contributed by atoms with van der Waals surface area (Å²) in [5.74, 6) is 1.78. The molecule has 1 aromatic heterocycles. The van der Waals surface area contributed by atoms with Crippen LogP contribution in [0.2, 0.25) is 0 Å². The Labute approximate surface area is 168 Å². The van der Waals surface area contributed by atoms with Crippen molar-refractivity contribution in [2.45, 2.75) is 31.3 Å². The molecule has 1 N–H and O–H groups in total. The van der Waals surface area contributed by atoms with E-state index in [-0.39, 0.29) is 11.7 Å². The Morgan fingerprint density at radius 2 is 1.93 bits per heavy atom. The number of aromatic nitrogens is 3. The Hall–Kier alpha value is -2.80. The molecule has 0 saturated carbocycles. The van der Waals surface area contributed by atoms with Crippen LogP contribution < -0.4 is 10.1 Å². The third-order valence-electron chi connectivity index (χ3n) is 4.84. The van der Waals surface area contributed by atoms with Crippen LogP contribution in [-0.4, -0.2) is 33.5 Å². The predicted molar refractivity (Wildman–Crippen MR) is 110 cm³/mol. The molecule has 6 nitrogen and oxygen atoms in total. The molecule has 0 unspecified atom stereocenters. The van der Waals surface area contributed by atoms with Crippen LogP contribution in [0.4, 0.5) is 5.69 Å². The quantitative estimate of drug-likeness (QED) is 0.644. The number of nitrogens with zero attached hydrogens (tertiary/aromatic N) is 3. The SMILES string of the molecule is COc1ccc(-n2c(C)nnc2SCC(=O)Nc2ccc3c(c2)CCC3)cc1. The fraction of sp³-hybridized carbons (Fsp3) is 0.286. The van der Waals surface area contributed by atoms with Crippen molar-refractivity contribution < 1.29 is 9.53 Å². The molecule has 1 amide bonds. The Kier molecular flexibility index (Phi) is 5.34. The number of carbonyl (C=O) groups is 1. The van der Waals surface area contributed by atoms with Crippen molar-refractivity contribution in [3.8, 4) is 11.4 Å². The van der Waals surface area contributed by atoms with Crippen molar-refractivity contribution in [2.24, 2.45) is 0 Å². The second kappa shape index (κ2) is 8.06. The largest absolute Gasteiger partial charge is 0.497 e. The molecule has 7 heteroatoms. The van der Waals surface area contributed by atoms with Crippen molar-refractivity contribution in [1.82, 2.24) is 14.8 Å². The van der Waals surface area contributed by atoms with E-state index in [0.29, 0.717) is 5.16 Å². The molecule has 4 rings (SSSR count). The monoisotopic (exact) mass is 394 g/mol. The standard InChI is InChI=1S/C21H22N4O2S/c1-14-23-24-21(25(14)18-8-10-19(27-2)11-9-18)28-13-20(26)22-17-7-6-15-4-3-5-16(15)12-17/h6-12H,3-5,13H2,1-2H3,(H,22,26). The highest BCUT2D eigenvalue weighted by Gasteiger charge is 2.15. The number of benzene rings is 2. The molecular weight excluding hydrogens is 372 g/mol. The summed E-state index contributed by atoms with van der Waals surface area (Å²) in [5.41, 5.74) is 4.54. The molecular formula is C21H22N4O2S. The van der Waals surface area contributed by atoms with Gasteiger partial charge in [0.2, 0.25) is 5.91 Å². The molecule has 0 radical (unpaired) electrons. The lowest BCUT2D eigenvalue weighted by atomic mass is 10.1. The summed E-state index contributed by atoms with van der Waals surface area (Å²) >= 11 is 1.37. The molecule has 1 aliphatic carbocycles. The van der Waals surface area contributed by atoms with Gasteiger partial charge in [-0.25, -0.2) is 0 Å². The van der Waals surface area contributed by atoms with Gasteiger partial charge in [0.05, 0.1) is 12.9 Å². The number of thioether (sulfide) groups is 1. The van der Waals surface area contributed by atoms with Gasteiger partial charge in [-0.2, -0.15) is 0 Å². The number of fused-ring (bicyclic) bond motifs is 1. The molecule has 0 bridgehead atoms. The smallest absolute Gasteiger partial charge is 0.234 e. The van der Waals surface area contributed by atoms with E-state index in [1.807, 2.05) is 41.8 Å². The third kappa shape index (κ3) is 3.89. The molecule has 144 valence electrons. The third-order valence-corrected chi connectivity index (χ3v) is 5.77. The van der Waals surface area contributed by atoms with Crippen molar-refractivity contribution in [3.05, 3.63) is 59.4 Å². The molecule has 28 heavy (non-hydrogen) atoms. The first kappa shape index (κ1) is 18.6. The van der Waals surface area contributed by atoms with Gasteiger partial charge in [-0.05, 0) is 73.7 Å². The zero-order valence-electron chi connectivity index (χ0n) is 15.9. The zero-order valence-corrected chi connectivity index (χ0v) is 16.8. The van der Waals surface area contributed by atoms with E-state index in [9.17, 15) is 4.79 Å². The molecule has 0 fully saturated rings. The summed E-state index contributed by atoms with van der Waals surface area (Å²) in [6.45, 7) is 1.89. The minimum atomic E-state index is -0.0510. The normalized spacial score (nSPS) is 12.6. The number of hydrogen-bond acceptors (Lipinski definition) is 5. The van der Waals surface area contributed by atoms with E-state index < -0.39 is 0 Å². The molecule has 3 aromatic rings. The molecule has 0 atom stereocenters. The second-order valence-electron chi connectivity index (χ2n) is 6.74. The Morgan fingerprint density at radius 1 is 1.14 bits per heavy atom. The average molecular weight is 395 g/mol. The number of methoxy groups -OCH3 is 1. The van der Waals surface area contributed by atoms with Crippen LogP contribution in [0.3, 0.4) is 0 Å². The Balaban J connectivity index is 1.42. The number of aryl methyl sites for hydroxylation is 3. The summed E-state index contributed by atoms with van der Waals surface area (Å²) in [6.07, 6.45) is 3.43. The summed E-state index contributed by atoms with van der Waals surface area (Å²) in [5, 5.41) is 12.1. The lowest BCUT2D eigenvalue weighted by Gasteiger charge is -2.10. The van der Waals surface area contributed by atoms with Crippen LogP contribution in [-0.2, 0) is 17.6 Å². The molecule has 0 spiro atoms. The van der Waals surface area contributed by atoms with Crippen LogP contribution in [0.1, 0.15) is 23.4 Å². The van der Waals surface area contributed by atoms with Gasteiger partial charge in [-0.15, -0.1) is 10.2 Å². The first-order valence-corrected chi connectivity index (χ1v) is 10.2. The highest BCUT2D eigenvalue weighted by Crippen LogP contribution is 2.26. The molecule has 0 saturated heterocycles. The van der Waals surface area contributed by atoms with Crippen molar-refractivity contribution >= 4 is 23.4 Å². The van der Waals surface area contributed by atoms with E-state index in [0.717, 1.165) is 35.8 Å². The number of carbonyl (C=O) groups excluding carboxylic acids is 1. The average Bonchev–Trinajstić information content (AvgIpc) is 3.32. The van der Waals surface area contributed by atoms with Crippen molar-refractivity contribution in [3.63, 3.8) is 0 Å².